The molecule has 0 saturated heterocycles. The van der Waals surface area contributed by atoms with Crippen molar-refractivity contribution in [2.75, 3.05) is 30.9 Å². The Morgan fingerprint density at radius 2 is 1.86 bits per heavy atom. The minimum absolute atomic E-state index is 0.122. The molecule has 29 heavy (non-hydrogen) atoms. The van der Waals surface area contributed by atoms with Crippen LogP contribution in [0.2, 0.25) is 0 Å². The topological polar surface area (TPSA) is 67.3 Å². The van der Waals surface area contributed by atoms with Gasteiger partial charge in [0.1, 0.15) is 22.7 Å². The standard InChI is InChI=1S/C22H20N4O2S/c1-26(13-20(27)25-16-8-10-17(28-2)11-9-16)21-18-12-19(15-6-4-3-5-7-15)29-22(18)24-14-23-21/h3-12,14H,13H2,1-2H3,(H,25,27). The molecule has 0 spiro atoms. The maximum atomic E-state index is 12.5. The van der Waals surface area contributed by atoms with E-state index in [0.717, 1.165) is 37.9 Å². The molecule has 0 fully saturated rings. The molecule has 6 nitrogen and oxygen atoms in total. The molecule has 0 bridgehead atoms. The number of benzene rings is 2. The van der Waals surface area contributed by atoms with E-state index < -0.39 is 0 Å². The van der Waals surface area contributed by atoms with Gasteiger partial charge in [-0.1, -0.05) is 30.3 Å². The molecule has 0 radical (unpaired) electrons. The predicted molar refractivity (Wildman–Crippen MR) is 118 cm³/mol. The van der Waals surface area contributed by atoms with E-state index in [9.17, 15) is 4.79 Å². The van der Waals surface area contributed by atoms with Crippen LogP contribution in [0.1, 0.15) is 0 Å². The highest BCUT2D eigenvalue weighted by atomic mass is 32.1. The van der Waals surface area contributed by atoms with Crippen LogP contribution in [0.3, 0.4) is 0 Å². The Labute approximate surface area is 172 Å². The molecule has 0 atom stereocenters. The normalized spacial score (nSPS) is 10.7. The number of aromatic nitrogens is 2. The lowest BCUT2D eigenvalue weighted by Gasteiger charge is -2.18. The third-order valence-corrected chi connectivity index (χ3v) is 5.57. The van der Waals surface area contributed by atoms with Crippen LogP contribution in [0.4, 0.5) is 11.5 Å². The van der Waals surface area contributed by atoms with E-state index in [1.165, 1.54) is 0 Å². The van der Waals surface area contributed by atoms with Gasteiger partial charge >= 0.3 is 0 Å². The van der Waals surface area contributed by atoms with Crippen molar-refractivity contribution < 1.29 is 9.53 Å². The average molecular weight is 404 g/mol. The fourth-order valence-corrected chi connectivity index (χ4v) is 4.06. The van der Waals surface area contributed by atoms with E-state index >= 15 is 0 Å². The van der Waals surface area contributed by atoms with Crippen molar-refractivity contribution >= 4 is 39.0 Å². The van der Waals surface area contributed by atoms with E-state index in [1.54, 1.807) is 24.8 Å². The highest BCUT2D eigenvalue weighted by Crippen LogP contribution is 2.35. The van der Waals surface area contributed by atoms with Crippen LogP contribution in [0.5, 0.6) is 5.75 Å². The Balaban J connectivity index is 1.52. The highest BCUT2D eigenvalue weighted by Gasteiger charge is 2.15. The Kier molecular flexibility index (Phi) is 5.39. The molecule has 146 valence electrons. The summed E-state index contributed by atoms with van der Waals surface area (Å²) in [4.78, 5) is 25.2. The van der Waals surface area contributed by atoms with Crippen LogP contribution < -0.4 is 15.0 Å². The first kappa shape index (κ1) is 18.9. The van der Waals surface area contributed by atoms with Crippen molar-refractivity contribution in [3.63, 3.8) is 0 Å². The fourth-order valence-electron chi connectivity index (χ4n) is 3.06. The molecule has 7 heteroatoms. The predicted octanol–water partition coefficient (Wildman–Crippen LogP) is 4.44. The van der Waals surface area contributed by atoms with Gasteiger partial charge in [-0.25, -0.2) is 9.97 Å². The van der Waals surface area contributed by atoms with Crippen molar-refractivity contribution in [3.05, 3.63) is 67.0 Å². The van der Waals surface area contributed by atoms with Crippen LogP contribution >= 0.6 is 11.3 Å². The maximum absolute atomic E-state index is 12.5. The van der Waals surface area contributed by atoms with E-state index in [2.05, 4.69) is 33.5 Å². The SMILES string of the molecule is COc1ccc(NC(=O)CN(C)c2ncnc3sc(-c4ccccc4)cc23)cc1. The minimum Gasteiger partial charge on any atom is -0.497 e. The first-order valence-electron chi connectivity index (χ1n) is 9.09. The van der Waals surface area contributed by atoms with Crippen molar-refractivity contribution in [1.29, 1.82) is 0 Å². The zero-order chi connectivity index (χ0) is 20.2. The number of hydrogen-bond donors (Lipinski definition) is 1. The van der Waals surface area contributed by atoms with Gasteiger partial charge in [-0.05, 0) is 35.9 Å². The third kappa shape index (κ3) is 4.20. The quantitative estimate of drug-likeness (QED) is 0.515. The summed E-state index contributed by atoms with van der Waals surface area (Å²) in [6.45, 7) is 0.175. The number of anilines is 2. The molecule has 1 amide bonds. The molecular formula is C22H20N4O2S. The smallest absolute Gasteiger partial charge is 0.243 e. The number of fused-ring (bicyclic) bond motifs is 1. The van der Waals surface area contributed by atoms with Crippen molar-refractivity contribution in [1.82, 2.24) is 9.97 Å². The molecule has 4 rings (SSSR count). The number of hydrogen-bond acceptors (Lipinski definition) is 6. The molecule has 0 unspecified atom stereocenters. The Morgan fingerprint density at radius 3 is 2.59 bits per heavy atom. The van der Waals surface area contributed by atoms with Gasteiger partial charge in [0.25, 0.3) is 0 Å². The number of likely N-dealkylation sites (N-methyl/N-ethyl adjacent to an activating group) is 1. The van der Waals surface area contributed by atoms with Crippen LogP contribution in [0, 0.1) is 0 Å². The fraction of sp³-hybridized carbons (Fsp3) is 0.136. The number of rotatable bonds is 6. The first-order valence-corrected chi connectivity index (χ1v) is 9.90. The molecule has 1 N–H and O–H groups in total. The molecule has 0 aliphatic rings. The van der Waals surface area contributed by atoms with Gasteiger partial charge in [0.05, 0.1) is 19.0 Å². The second-order valence-corrected chi connectivity index (χ2v) is 7.56. The van der Waals surface area contributed by atoms with E-state index in [0.29, 0.717) is 0 Å². The first-order chi connectivity index (χ1) is 14.1. The summed E-state index contributed by atoms with van der Waals surface area (Å²) in [5.74, 6) is 1.36. The summed E-state index contributed by atoms with van der Waals surface area (Å²) in [5, 5.41) is 3.84. The summed E-state index contributed by atoms with van der Waals surface area (Å²) in [5.41, 5.74) is 1.86. The molecule has 4 aromatic rings. The van der Waals surface area contributed by atoms with Gasteiger partial charge in [-0.3, -0.25) is 4.79 Å². The molecule has 0 aliphatic heterocycles. The molecule has 2 aromatic heterocycles. The molecule has 0 aliphatic carbocycles. The second kappa shape index (κ2) is 8.28. The van der Waals surface area contributed by atoms with E-state index in [-0.39, 0.29) is 12.5 Å². The van der Waals surface area contributed by atoms with Crippen molar-refractivity contribution in [2.45, 2.75) is 0 Å². The number of methoxy groups -OCH3 is 1. The van der Waals surface area contributed by atoms with Gasteiger partial charge in [0.2, 0.25) is 5.91 Å². The van der Waals surface area contributed by atoms with Gasteiger partial charge in [-0.15, -0.1) is 11.3 Å². The van der Waals surface area contributed by atoms with Gasteiger partial charge in [-0.2, -0.15) is 0 Å². The van der Waals surface area contributed by atoms with Crippen LogP contribution in [0.25, 0.3) is 20.7 Å². The molecular weight excluding hydrogens is 384 g/mol. The van der Waals surface area contributed by atoms with Gasteiger partial charge < -0.3 is 15.0 Å². The zero-order valence-electron chi connectivity index (χ0n) is 16.1. The number of thiophene rings is 1. The Bertz CT molecular complexity index is 1130. The zero-order valence-corrected chi connectivity index (χ0v) is 16.9. The molecule has 0 saturated carbocycles. The molecule has 2 heterocycles. The number of carbonyl (C=O) groups excluding carboxylic acids is 1. The van der Waals surface area contributed by atoms with E-state index in [4.69, 9.17) is 4.74 Å². The minimum atomic E-state index is -0.122. The van der Waals surface area contributed by atoms with Crippen LogP contribution in [-0.2, 0) is 4.79 Å². The monoisotopic (exact) mass is 404 g/mol. The second-order valence-electron chi connectivity index (χ2n) is 6.53. The summed E-state index contributed by atoms with van der Waals surface area (Å²) < 4.78 is 5.14. The Hall–Kier alpha value is -3.45. The third-order valence-electron chi connectivity index (χ3n) is 4.48. The molecule has 2 aromatic carbocycles. The summed E-state index contributed by atoms with van der Waals surface area (Å²) in [6, 6.07) is 19.5. The lowest BCUT2D eigenvalue weighted by molar-refractivity contribution is -0.114. The van der Waals surface area contributed by atoms with Crippen molar-refractivity contribution in [3.8, 4) is 16.2 Å². The average Bonchev–Trinajstić information content (AvgIpc) is 3.19. The maximum Gasteiger partial charge on any atom is 0.243 e. The number of ether oxygens (including phenoxy) is 1. The lowest BCUT2D eigenvalue weighted by Crippen LogP contribution is -2.30. The number of carbonyl (C=O) groups is 1. The summed E-state index contributed by atoms with van der Waals surface area (Å²) >= 11 is 1.62. The van der Waals surface area contributed by atoms with Gasteiger partial charge in [0, 0.05) is 17.6 Å². The lowest BCUT2D eigenvalue weighted by atomic mass is 10.2. The number of amides is 1. The van der Waals surface area contributed by atoms with E-state index in [1.807, 2.05) is 54.4 Å². The Morgan fingerprint density at radius 1 is 1.10 bits per heavy atom. The van der Waals surface area contributed by atoms with Crippen LogP contribution in [0.15, 0.2) is 67.0 Å². The summed E-state index contributed by atoms with van der Waals surface area (Å²) in [7, 11) is 3.47. The summed E-state index contributed by atoms with van der Waals surface area (Å²) in [6.07, 6.45) is 1.54. The number of nitrogens with one attached hydrogen (secondary N) is 1. The number of nitrogens with zero attached hydrogens (tertiary/aromatic N) is 3. The van der Waals surface area contributed by atoms with Crippen molar-refractivity contribution in [2.24, 2.45) is 0 Å². The highest BCUT2D eigenvalue weighted by molar-refractivity contribution is 7.21. The van der Waals surface area contributed by atoms with Crippen LogP contribution in [-0.4, -0.2) is 36.6 Å². The largest absolute Gasteiger partial charge is 0.497 e. The van der Waals surface area contributed by atoms with Gasteiger partial charge in [0.15, 0.2) is 0 Å².